The maximum Gasteiger partial charge on any atom is 0.317 e. The summed E-state index contributed by atoms with van der Waals surface area (Å²) in [7, 11) is 2.07. The third-order valence-corrected chi connectivity index (χ3v) is 7.73. The van der Waals surface area contributed by atoms with E-state index in [-0.39, 0.29) is 11.8 Å². The van der Waals surface area contributed by atoms with E-state index in [9.17, 15) is 14.3 Å². The number of aromatic hydroxyl groups is 1. The number of benzene rings is 3. The number of carbonyl (C=O) groups excluding carboxylic acids is 1. The van der Waals surface area contributed by atoms with Crippen LogP contribution < -0.4 is 15.8 Å². The number of aryl methyl sites for hydroxylation is 1. The van der Waals surface area contributed by atoms with Crippen LogP contribution in [0.1, 0.15) is 23.6 Å². The molecule has 0 bridgehead atoms. The number of rotatable bonds is 5. The number of fused-ring (bicyclic) bond motifs is 2. The minimum Gasteiger partial charge on any atom is -0.505 e. The number of nitrogens with zero attached hydrogens (tertiary/aromatic N) is 4. The van der Waals surface area contributed by atoms with Gasteiger partial charge in [0.25, 0.3) is 0 Å². The van der Waals surface area contributed by atoms with E-state index in [1.165, 1.54) is 12.1 Å². The fourth-order valence-corrected chi connectivity index (χ4v) is 5.40. The summed E-state index contributed by atoms with van der Waals surface area (Å²) in [5.74, 6) is -0.214. The number of hydrogen-bond donors (Lipinski definition) is 4. The number of urea groups is 1. The van der Waals surface area contributed by atoms with Crippen LogP contribution in [-0.2, 0) is 19.5 Å². The Morgan fingerprint density at radius 1 is 1.10 bits per heavy atom. The Balaban J connectivity index is 1.20. The number of phenolic OH excluding ortho intramolecular Hbond substituents is 1. The van der Waals surface area contributed by atoms with Crippen LogP contribution in [0.2, 0.25) is 0 Å². The number of amides is 2. The SMILES string of the molecule is CCc1cc(O)c(F)cc1-c1ccc2c(N3Cc4c(CNC(=O)N5CCN(C)CC5)cccc4N3)n[nH]c2c1. The molecule has 0 radical (unpaired) electrons. The van der Waals surface area contributed by atoms with Crippen molar-refractivity contribution in [3.8, 4) is 16.9 Å². The number of likely N-dealkylation sites (N-methyl/N-ethyl adjacent to an activating group) is 1. The number of hydrogen-bond acceptors (Lipinski definition) is 6. The molecule has 2 amide bonds. The standard InChI is InChI=1S/C29H32FN7O2/c1-3-18-14-27(38)24(30)15-22(18)19-7-8-21-26(13-19)32-33-28(21)37-17-23-20(5-4-6-25(23)34-37)16-31-29(39)36-11-9-35(2)10-12-36/h4-8,13-15,34,38H,3,9-12,16-17H2,1-2H3,(H,31,39)(H,32,33). The quantitative estimate of drug-likeness (QED) is 0.305. The molecular formula is C29H32FN7O2. The second kappa shape index (κ2) is 10.1. The van der Waals surface area contributed by atoms with Gasteiger partial charge in [0, 0.05) is 43.7 Å². The van der Waals surface area contributed by atoms with Gasteiger partial charge in [0.2, 0.25) is 0 Å². The second-order valence-corrected chi connectivity index (χ2v) is 10.2. The van der Waals surface area contributed by atoms with Crippen molar-refractivity contribution in [2.75, 3.05) is 43.7 Å². The molecule has 1 fully saturated rings. The highest BCUT2D eigenvalue weighted by molar-refractivity contribution is 5.94. The van der Waals surface area contributed by atoms with Crippen LogP contribution in [0.4, 0.5) is 20.7 Å². The van der Waals surface area contributed by atoms with Gasteiger partial charge in [-0.15, -0.1) is 0 Å². The summed E-state index contributed by atoms with van der Waals surface area (Å²) in [6, 6.07) is 14.8. The number of carbonyl (C=O) groups is 1. The zero-order valence-corrected chi connectivity index (χ0v) is 22.1. The van der Waals surface area contributed by atoms with Gasteiger partial charge in [-0.3, -0.25) is 15.5 Å². The van der Waals surface area contributed by atoms with Gasteiger partial charge in [-0.25, -0.2) is 9.18 Å². The summed E-state index contributed by atoms with van der Waals surface area (Å²) >= 11 is 0. The molecule has 1 aromatic heterocycles. The van der Waals surface area contributed by atoms with Crippen LogP contribution in [0, 0.1) is 5.82 Å². The van der Waals surface area contributed by atoms with Gasteiger partial charge in [-0.2, -0.15) is 5.10 Å². The van der Waals surface area contributed by atoms with E-state index < -0.39 is 5.82 Å². The number of hydrazine groups is 1. The third kappa shape index (κ3) is 4.72. The summed E-state index contributed by atoms with van der Waals surface area (Å²) in [5.41, 5.74) is 9.92. The molecule has 1 saturated heterocycles. The summed E-state index contributed by atoms with van der Waals surface area (Å²) in [4.78, 5) is 16.8. The van der Waals surface area contributed by atoms with Crippen molar-refractivity contribution in [3.05, 3.63) is 71.0 Å². The van der Waals surface area contributed by atoms with E-state index in [0.29, 0.717) is 19.5 Å². The van der Waals surface area contributed by atoms with E-state index in [1.807, 2.05) is 53.2 Å². The highest BCUT2D eigenvalue weighted by atomic mass is 19.1. The molecule has 4 N–H and O–H groups in total. The van der Waals surface area contributed by atoms with E-state index in [4.69, 9.17) is 0 Å². The number of H-pyrrole nitrogens is 1. The van der Waals surface area contributed by atoms with E-state index in [0.717, 1.165) is 76.4 Å². The lowest BCUT2D eigenvalue weighted by Gasteiger charge is -2.32. The molecule has 3 aromatic carbocycles. The Morgan fingerprint density at radius 3 is 2.72 bits per heavy atom. The van der Waals surface area contributed by atoms with E-state index in [1.54, 1.807) is 0 Å². The first-order valence-electron chi connectivity index (χ1n) is 13.3. The number of nitrogens with one attached hydrogen (secondary N) is 3. The van der Waals surface area contributed by atoms with Crippen LogP contribution >= 0.6 is 0 Å². The summed E-state index contributed by atoms with van der Waals surface area (Å²) in [5, 5.41) is 23.5. The van der Waals surface area contributed by atoms with Gasteiger partial charge in [0.15, 0.2) is 17.4 Å². The van der Waals surface area contributed by atoms with Crippen molar-refractivity contribution in [2.45, 2.75) is 26.4 Å². The van der Waals surface area contributed by atoms with Crippen molar-refractivity contribution in [2.24, 2.45) is 0 Å². The fraction of sp³-hybridized carbons (Fsp3) is 0.310. The maximum absolute atomic E-state index is 14.2. The minimum atomic E-state index is -0.637. The van der Waals surface area contributed by atoms with Crippen LogP contribution in [-0.4, -0.2) is 64.4 Å². The molecule has 10 heteroatoms. The Hall–Kier alpha value is -4.31. The predicted molar refractivity (Wildman–Crippen MR) is 150 cm³/mol. The van der Waals surface area contributed by atoms with Gasteiger partial charge in [0.05, 0.1) is 17.7 Å². The molecule has 4 aromatic rings. The monoisotopic (exact) mass is 529 g/mol. The normalized spacial score (nSPS) is 15.5. The molecule has 2 aliphatic rings. The third-order valence-electron chi connectivity index (χ3n) is 7.73. The first-order chi connectivity index (χ1) is 18.9. The predicted octanol–water partition coefficient (Wildman–Crippen LogP) is 4.44. The fourth-order valence-electron chi connectivity index (χ4n) is 5.40. The van der Waals surface area contributed by atoms with Crippen molar-refractivity contribution in [3.63, 3.8) is 0 Å². The van der Waals surface area contributed by atoms with Gasteiger partial charge in [0.1, 0.15) is 0 Å². The molecule has 0 saturated carbocycles. The van der Waals surface area contributed by atoms with Crippen LogP contribution in [0.15, 0.2) is 48.5 Å². The van der Waals surface area contributed by atoms with Gasteiger partial charge < -0.3 is 20.2 Å². The number of piperazine rings is 1. The molecule has 0 aliphatic carbocycles. The molecule has 0 spiro atoms. The maximum atomic E-state index is 14.2. The first-order valence-corrected chi connectivity index (χ1v) is 13.3. The molecule has 202 valence electrons. The van der Waals surface area contributed by atoms with Crippen LogP contribution in [0.5, 0.6) is 5.75 Å². The molecule has 3 heterocycles. The average Bonchev–Trinajstić information content (AvgIpc) is 3.57. The number of phenols is 1. The Kier molecular flexibility index (Phi) is 6.48. The lowest BCUT2D eigenvalue weighted by Crippen LogP contribution is -2.50. The Bertz CT molecular complexity index is 1540. The highest BCUT2D eigenvalue weighted by Gasteiger charge is 2.26. The number of aromatic nitrogens is 2. The van der Waals surface area contributed by atoms with Gasteiger partial charge in [-0.1, -0.05) is 25.1 Å². The summed E-state index contributed by atoms with van der Waals surface area (Å²) in [6.45, 7) is 6.28. The molecule has 0 unspecified atom stereocenters. The summed E-state index contributed by atoms with van der Waals surface area (Å²) in [6.07, 6.45) is 0.670. The molecule has 39 heavy (non-hydrogen) atoms. The molecular weight excluding hydrogens is 497 g/mol. The minimum absolute atomic E-state index is 0.0302. The summed E-state index contributed by atoms with van der Waals surface area (Å²) < 4.78 is 14.2. The van der Waals surface area contributed by atoms with E-state index in [2.05, 4.69) is 32.9 Å². The molecule has 6 rings (SSSR count). The Labute approximate surface area is 226 Å². The zero-order valence-electron chi connectivity index (χ0n) is 22.1. The van der Waals surface area contributed by atoms with Gasteiger partial charge in [-0.05, 0) is 66.1 Å². The average molecular weight is 530 g/mol. The van der Waals surface area contributed by atoms with Crippen molar-refractivity contribution >= 4 is 28.4 Å². The van der Waals surface area contributed by atoms with Crippen molar-refractivity contribution < 1.29 is 14.3 Å². The van der Waals surface area contributed by atoms with Crippen molar-refractivity contribution in [1.29, 1.82) is 0 Å². The number of anilines is 2. The highest BCUT2D eigenvalue weighted by Crippen LogP contribution is 2.36. The lowest BCUT2D eigenvalue weighted by molar-refractivity contribution is 0.154. The second-order valence-electron chi connectivity index (χ2n) is 10.2. The molecule has 0 atom stereocenters. The Morgan fingerprint density at radius 2 is 1.92 bits per heavy atom. The van der Waals surface area contributed by atoms with Gasteiger partial charge >= 0.3 is 6.03 Å². The smallest absolute Gasteiger partial charge is 0.317 e. The topological polar surface area (TPSA) is 99.8 Å². The zero-order chi connectivity index (χ0) is 27.1. The first kappa shape index (κ1) is 25.0. The largest absolute Gasteiger partial charge is 0.505 e. The number of halogens is 1. The van der Waals surface area contributed by atoms with Crippen molar-refractivity contribution in [1.82, 2.24) is 25.3 Å². The molecule has 2 aliphatic heterocycles. The van der Waals surface area contributed by atoms with Crippen LogP contribution in [0.25, 0.3) is 22.0 Å². The lowest BCUT2D eigenvalue weighted by atomic mass is 9.96. The number of aromatic amines is 1. The van der Waals surface area contributed by atoms with E-state index >= 15 is 0 Å². The van der Waals surface area contributed by atoms with Crippen LogP contribution in [0.3, 0.4) is 0 Å². The molecule has 9 nitrogen and oxygen atoms in total.